The number of piperidine rings is 1. The lowest BCUT2D eigenvalue weighted by atomic mass is 10.0. The normalized spacial score (nSPS) is 18.6. The number of sulfonamides is 1. The first-order chi connectivity index (χ1) is 16.4. The number of aromatic nitrogens is 2. The zero-order valence-electron chi connectivity index (χ0n) is 17.9. The summed E-state index contributed by atoms with van der Waals surface area (Å²) in [5.41, 5.74) is 0.880. The Morgan fingerprint density at radius 2 is 1.97 bits per heavy atom. The second-order valence-electron chi connectivity index (χ2n) is 7.83. The SMILES string of the molecule is O=C(Nc1nnc(Cc2ccc3c(c2)OCCO3)o1)C1CCCCN1S(=O)(=O)c1ccc(Cl)s1. The number of nitrogens with zero attached hydrogens (tertiary/aromatic N) is 3. The maximum absolute atomic E-state index is 13.1. The number of carbonyl (C=O) groups is 1. The lowest BCUT2D eigenvalue weighted by molar-refractivity contribution is -0.120. The summed E-state index contributed by atoms with van der Waals surface area (Å²) in [5.74, 6) is 1.13. The van der Waals surface area contributed by atoms with Crippen molar-refractivity contribution in [2.24, 2.45) is 0 Å². The minimum Gasteiger partial charge on any atom is -0.486 e. The molecule has 2 aromatic heterocycles. The molecule has 3 aromatic rings. The van der Waals surface area contributed by atoms with E-state index in [9.17, 15) is 13.2 Å². The summed E-state index contributed by atoms with van der Waals surface area (Å²) in [4.78, 5) is 13.0. The quantitative estimate of drug-likeness (QED) is 0.520. The molecule has 2 aliphatic rings. The van der Waals surface area contributed by atoms with Crippen molar-refractivity contribution < 1.29 is 27.1 Å². The van der Waals surface area contributed by atoms with Gasteiger partial charge in [0.1, 0.15) is 23.5 Å². The van der Waals surface area contributed by atoms with Crippen molar-refractivity contribution in [1.82, 2.24) is 14.5 Å². The molecule has 4 heterocycles. The van der Waals surface area contributed by atoms with E-state index in [0.717, 1.165) is 23.3 Å². The van der Waals surface area contributed by atoms with Gasteiger partial charge in [-0.15, -0.1) is 16.4 Å². The lowest BCUT2D eigenvalue weighted by Crippen LogP contribution is -2.49. The number of amides is 1. The standard InChI is InChI=1S/C21H21ClN4O6S2/c22-17-6-7-19(33-17)34(28,29)26-8-2-1-3-14(26)20(27)23-21-25-24-18(32-21)12-13-4-5-15-16(11-13)31-10-9-30-15/h4-7,11,14H,1-3,8-10,12H2,(H,23,25,27). The van der Waals surface area contributed by atoms with Gasteiger partial charge in [-0.2, -0.15) is 4.31 Å². The highest BCUT2D eigenvalue weighted by Crippen LogP contribution is 2.33. The molecule has 13 heteroatoms. The van der Waals surface area contributed by atoms with E-state index in [0.29, 0.717) is 54.2 Å². The fraction of sp³-hybridized carbons (Fsp3) is 0.381. The van der Waals surface area contributed by atoms with Crippen molar-refractivity contribution in [3.05, 3.63) is 46.1 Å². The molecule has 5 rings (SSSR count). The average molecular weight is 525 g/mol. The van der Waals surface area contributed by atoms with Crippen LogP contribution in [0.25, 0.3) is 0 Å². The molecule has 1 N–H and O–H groups in total. The summed E-state index contributed by atoms with van der Waals surface area (Å²) in [7, 11) is -3.85. The van der Waals surface area contributed by atoms with E-state index in [1.165, 1.54) is 16.4 Å². The predicted octanol–water partition coefficient (Wildman–Crippen LogP) is 3.33. The van der Waals surface area contributed by atoms with Crippen LogP contribution >= 0.6 is 22.9 Å². The minimum atomic E-state index is -3.85. The number of halogens is 1. The van der Waals surface area contributed by atoms with E-state index < -0.39 is 22.0 Å². The summed E-state index contributed by atoms with van der Waals surface area (Å²) in [5, 5.41) is 10.5. The smallest absolute Gasteiger partial charge is 0.322 e. The van der Waals surface area contributed by atoms with Gasteiger partial charge in [-0.1, -0.05) is 29.2 Å². The Labute approximate surface area is 204 Å². The topological polar surface area (TPSA) is 124 Å². The fourth-order valence-corrected chi connectivity index (χ4v) is 7.21. The Balaban J connectivity index is 1.27. The molecule has 0 bridgehead atoms. The predicted molar refractivity (Wildman–Crippen MR) is 124 cm³/mol. The molecular weight excluding hydrogens is 504 g/mol. The maximum atomic E-state index is 13.1. The number of ether oxygens (including phenoxy) is 2. The molecule has 0 spiro atoms. The Morgan fingerprint density at radius 3 is 2.76 bits per heavy atom. The lowest BCUT2D eigenvalue weighted by Gasteiger charge is -2.32. The van der Waals surface area contributed by atoms with Crippen molar-refractivity contribution in [3.8, 4) is 11.5 Å². The summed E-state index contributed by atoms with van der Waals surface area (Å²) in [6.07, 6.45) is 2.13. The number of anilines is 1. The van der Waals surface area contributed by atoms with E-state index in [1.807, 2.05) is 18.2 Å². The van der Waals surface area contributed by atoms with Crippen LogP contribution in [-0.4, -0.2) is 54.6 Å². The molecule has 34 heavy (non-hydrogen) atoms. The largest absolute Gasteiger partial charge is 0.486 e. The number of fused-ring (bicyclic) bond motifs is 1. The summed E-state index contributed by atoms with van der Waals surface area (Å²) < 4.78 is 44.6. The molecule has 1 saturated heterocycles. The first-order valence-electron chi connectivity index (χ1n) is 10.7. The van der Waals surface area contributed by atoms with Gasteiger partial charge >= 0.3 is 6.01 Å². The molecule has 10 nitrogen and oxygen atoms in total. The second kappa shape index (κ2) is 9.53. The van der Waals surface area contributed by atoms with Gasteiger partial charge in [0.05, 0.1) is 10.8 Å². The highest BCUT2D eigenvalue weighted by Gasteiger charge is 2.38. The van der Waals surface area contributed by atoms with Gasteiger partial charge in [-0.3, -0.25) is 10.1 Å². The van der Waals surface area contributed by atoms with Gasteiger partial charge in [0.15, 0.2) is 11.5 Å². The van der Waals surface area contributed by atoms with Crippen LogP contribution in [0.3, 0.4) is 0 Å². The average Bonchev–Trinajstić information content (AvgIpc) is 3.48. The van der Waals surface area contributed by atoms with Crippen molar-refractivity contribution in [3.63, 3.8) is 0 Å². The van der Waals surface area contributed by atoms with E-state index in [2.05, 4.69) is 15.5 Å². The Kier molecular flexibility index (Phi) is 6.47. The highest BCUT2D eigenvalue weighted by molar-refractivity contribution is 7.91. The van der Waals surface area contributed by atoms with E-state index >= 15 is 0 Å². The second-order valence-corrected chi connectivity index (χ2v) is 11.7. The number of carbonyl (C=O) groups excluding carboxylic acids is 1. The maximum Gasteiger partial charge on any atom is 0.322 e. The third kappa shape index (κ3) is 4.76. The van der Waals surface area contributed by atoms with Gasteiger partial charge in [0, 0.05) is 6.54 Å². The van der Waals surface area contributed by atoms with Crippen molar-refractivity contribution >= 4 is 44.9 Å². The van der Waals surface area contributed by atoms with Crippen LogP contribution in [0.15, 0.2) is 39.0 Å². The molecule has 180 valence electrons. The number of rotatable bonds is 6. The zero-order chi connectivity index (χ0) is 23.7. The summed E-state index contributed by atoms with van der Waals surface area (Å²) in [6, 6.07) is 7.55. The first-order valence-corrected chi connectivity index (χ1v) is 13.3. The van der Waals surface area contributed by atoms with Gasteiger partial charge in [0.25, 0.3) is 10.0 Å². The van der Waals surface area contributed by atoms with Crippen LogP contribution in [0.4, 0.5) is 6.01 Å². The van der Waals surface area contributed by atoms with Crippen LogP contribution in [0.5, 0.6) is 11.5 Å². The molecular formula is C21H21ClN4O6S2. The zero-order valence-corrected chi connectivity index (χ0v) is 20.3. The van der Waals surface area contributed by atoms with Crippen molar-refractivity contribution in [1.29, 1.82) is 0 Å². The van der Waals surface area contributed by atoms with E-state index in [-0.39, 0.29) is 16.8 Å². The van der Waals surface area contributed by atoms with Crippen LogP contribution in [0.1, 0.15) is 30.7 Å². The van der Waals surface area contributed by atoms with E-state index in [1.54, 1.807) is 0 Å². The molecule has 1 unspecified atom stereocenters. The molecule has 0 saturated carbocycles. The molecule has 1 amide bonds. The Morgan fingerprint density at radius 1 is 1.15 bits per heavy atom. The highest BCUT2D eigenvalue weighted by atomic mass is 35.5. The van der Waals surface area contributed by atoms with Crippen LogP contribution < -0.4 is 14.8 Å². The summed E-state index contributed by atoms with van der Waals surface area (Å²) >= 11 is 6.89. The third-order valence-electron chi connectivity index (χ3n) is 5.53. The Hall–Kier alpha value is -2.67. The van der Waals surface area contributed by atoms with Crippen LogP contribution in [0, 0.1) is 0 Å². The number of thiophene rings is 1. The molecule has 1 aromatic carbocycles. The molecule has 2 aliphatic heterocycles. The van der Waals surface area contributed by atoms with Gasteiger partial charge in [-0.05, 0) is 42.7 Å². The number of hydrogen-bond donors (Lipinski definition) is 1. The third-order valence-corrected chi connectivity index (χ3v) is 9.13. The van der Waals surface area contributed by atoms with Gasteiger partial charge in [-0.25, -0.2) is 8.42 Å². The monoisotopic (exact) mass is 524 g/mol. The van der Waals surface area contributed by atoms with Crippen LogP contribution in [0.2, 0.25) is 4.34 Å². The van der Waals surface area contributed by atoms with Crippen molar-refractivity contribution in [2.75, 3.05) is 25.1 Å². The van der Waals surface area contributed by atoms with Gasteiger partial charge < -0.3 is 13.9 Å². The minimum absolute atomic E-state index is 0.0837. The van der Waals surface area contributed by atoms with Crippen molar-refractivity contribution in [2.45, 2.75) is 35.9 Å². The summed E-state index contributed by atoms with van der Waals surface area (Å²) in [6.45, 7) is 1.25. The number of hydrogen-bond acceptors (Lipinski definition) is 9. The molecule has 0 radical (unpaired) electrons. The number of benzene rings is 1. The van der Waals surface area contributed by atoms with E-state index in [4.69, 9.17) is 25.5 Å². The molecule has 0 aliphatic carbocycles. The van der Waals surface area contributed by atoms with Crippen LogP contribution in [-0.2, 0) is 21.2 Å². The molecule has 1 atom stereocenters. The fourth-order valence-electron chi connectivity index (χ4n) is 3.94. The Bertz CT molecular complexity index is 1310. The van der Waals surface area contributed by atoms with Gasteiger partial charge in [0.2, 0.25) is 11.8 Å². The number of nitrogens with one attached hydrogen (secondary N) is 1. The first kappa shape index (κ1) is 23.1. The molecule has 1 fully saturated rings.